The maximum absolute atomic E-state index is 13.7. The molecular formula is C31H32F4N4O5. The fourth-order valence-electron chi connectivity index (χ4n) is 5.42. The van der Waals surface area contributed by atoms with Crippen LogP contribution in [-0.2, 0) is 33.4 Å². The topological polar surface area (TPSA) is 94.1 Å². The number of cyclic esters (lactones) is 1. The standard InChI is InChI=1S/C31H32F4N4O5/c1-17-9-20(12-21(10-17)31(33,34)35)28-18(2)39(30(41)44-28)16-25-24(13-36-29(37-25)38-14-22(32)15-38)23-11-19(5-7-26(23)42-3)6-8-27(40)43-4/h5,7,9-13,18,22,28H,6,8,14-16H2,1-4H3/t18-,28-/m0/s1. The fourth-order valence-corrected chi connectivity index (χ4v) is 5.42. The van der Waals surface area contributed by atoms with Crippen LogP contribution in [0.15, 0.2) is 42.6 Å². The van der Waals surface area contributed by atoms with Crippen molar-refractivity contribution >= 4 is 18.0 Å². The van der Waals surface area contributed by atoms with Crippen molar-refractivity contribution in [3.63, 3.8) is 0 Å². The number of esters is 1. The Kier molecular flexibility index (Phi) is 8.66. The van der Waals surface area contributed by atoms with Crippen molar-refractivity contribution in [2.45, 2.75) is 57.7 Å². The average molecular weight is 617 g/mol. The minimum atomic E-state index is -4.56. The van der Waals surface area contributed by atoms with Crippen LogP contribution in [0, 0.1) is 6.92 Å². The average Bonchev–Trinajstić information content (AvgIpc) is 3.25. The number of rotatable bonds is 9. The normalized spacial score (nSPS) is 18.7. The third-order valence-electron chi connectivity index (χ3n) is 7.84. The summed E-state index contributed by atoms with van der Waals surface area (Å²) in [5.41, 5.74) is 2.16. The number of carbonyl (C=O) groups is 2. The predicted octanol–water partition coefficient (Wildman–Crippen LogP) is 5.83. The molecule has 5 rings (SSSR count). The van der Waals surface area contributed by atoms with Crippen molar-refractivity contribution in [3.05, 3.63) is 70.5 Å². The van der Waals surface area contributed by atoms with E-state index in [1.54, 1.807) is 37.1 Å². The Labute approximate surface area is 251 Å². The Morgan fingerprint density at radius 1 is 1.11 bits per heavy atom. The highest BCUT2D eigenvalue weighted by Gasteiger charge is 2.42. The van der Waals surface area contributed by atoms with Gasteiger partial charge >= 0.3 is 18.2 Å². The van der Waals surface area contributed by atoms with E-state index in [1.807, 2.05) is 12.1 Å². The maximum atomic E-state index is 13.7. The van der Waals surface area contributed by atoms with Gasteiger partial charge in [-0.15, -0.1) is 0 Å². The summed E-state index contributed by atoms with van der Waals surface area (Å²) in [4.78, 5) is 37.2. The molecule has 3 aromatic rings. The summed E-state index contributed by atoms with van der Waals surface area (Å²) in [6, 6.07) is 8.38. The number of alkyl halides is 4. The van der Waals surface area contributed by atoms with Crippen molar-refractivity contribution in [2.24, 2.45) is 0 Å². The van der Waals surface area contributed by atoms with E-state index in [1.165, 1.54) is 19.1 Å². The van der Waals surface area contributed by atoms with Crippen LogP contribution in [0.1, 0.15) is 47.4 Å². The van der Waals surface area contributed by atoms with Gasteiger partial charge in [0.15, 0.2) is 0 Å². The molecular weight excluding hydrogens is 584 g/mol. The van der Waals surface area contributed by atoms with E-state index in [4.69, 9.17) is 19.2 Å². The molecule has 0 N–H and O–H groups in total. The minimum Gasteiger partial charge on any atom is -0.496 e. The van der Waals surface area contributed by atoms with Crippen LogP contribution < -0.4 is 9.64 Å². The number of hydrogen-bond donors (Lipinski definition) is 0. The van der Waals surface area contributed by atoms with Gasteiger partial charge in [0.2, 0.25) is 5.95 Å². The summed E-state index contributed by atoms with van der Waals surface area (Å²) < 4.78 is 70.3. The van der Waals surface area contributed by atoms with Crippen molar-refractivity contribution in [3.8, 4) is 16.9 Å². The second-order valence-electron chi connectivity index (χ2n) is 10.9. The molecule has 2 aromatic carbocycles. The third-order valence-corrected chi connectivity index (χ3v) is 7.84. The lowest BCUT2D eigenvalue weighted by atomic mass is 9.97. The van der Waals surface area contributed by atoms with Gasteiger partial charge < -0.3 is 19.1 Å². The fraction of sp³-hybridized carbons (Fsp3) is 0.419. The van der Waals surface area contributed by atoms with Gasteiger partial charge in [0.05, 0.1) is 51.2 Å². The number of hydrogen-bond acceptors (Lipinski definition) is 8. The number of halogens is 4. The van der Waals surface area contributed by atoms with Gasteiger partial charge in [-0.2, -0.15) is 13.2 Å². The van der Waals surface area contributed by atoms with Gasteiger partial charge in [0, 0.05) is 23.7 Å². The van der Waals surface area contributed by atoms with Crippen molar-refractivity contribution in [1.82, 2.24) is 14.9 Å². The van der Waals surface area contributed by atoms with E-state index in [-0.39, 0.29) is 43.5 Å². The quantitative estimate of drug-likeness (QED) is 0.219. The van der Waals surface area contributed by atoms with Crippen LogP contribution in [-0.4, -0.2) is 66.5 Å². The van der Waals surface area contributed by atoms with Crippen molar-refractivity contribution in [2.75, 3.05) is 32.2 Å². The number of aromatic nitrogens is 2. The molecule has 2 saturated heterocycles. The van der Waals surface area contributed by atoms with Gasteiger partial charge in [-0.05, 0) is 55.7 Å². The van der Waals surface area contributed by atoms with Gasteiger partial charge in [0.1, 0.15) is 18.0 Å². The van der Waals surface area contributed by atoms with E-state index in [2.05, 4.69) is 4.98 Å². The lowest BCUT2D eigenvalue weighted by Crippen LogP contribution is -2.49. The van der Waals surface area contributed by atoms with Crippen LogP contribution in [0.4, 0.5) is 28.3 Å². The number of ether oxygens (including phenoxy) is 3. The smallest absolute Gasteiger partial charge is 0.416 e. The molecule has 0 bridgehead atoms. The molecule has 2 aliphatic rings. The van der Waals surface area contributed by atoms with Gasteiger partial charge in [-0.1, -0.05) is 17.7 Å². The zero-order chi connectivity index (χ0) is 31.8. The first kappa shape index (κ1) is 31.0. The molecule has 0 saturated carbocycles. The number of carbonyl (C=O) groups excluding carboxylic acids is 2. The third kappa shape index (κ3) is 6.41. The number of amides is 1. The molecule has 44 heavy (non-hydrogen) atoms. The molecule has 234 valence electrons. The number of methoxy groups -OCH3 is 2. The highest BCUT2D eigenvalue weighted by Crippen LogP contribution is 2.39. The summed E-state index contributed by atoms with van der Waals surface area (Å²) in [6.07, 6.45) is -5.08. The molecule has 3 heterocycles. The van der Waals surface area contributed by atoms with Crippen LogP contribution in [0.25, 0.3) is 11.1 Å². The first-order chi connectivity index (χ1) is 20.9. The summed E-state index contributed by atoms with van der Waals surface area (Å²) in [6.45, 7) is 3.44. The molecule has 2 fully saturated rings. The first-order valence-electron chi connectivity index (χ1n) is 14.0. The number of aryl methyl sites for hydroxylation is 2. The van der Waals surface area contributed by atoms with E-state index >= 15 is 0 Å². The van der Waals surface area contributed by atoms with Gasteiger partial charge in [-0.3, -0.25) is 9.69 Å². The molecule has 13 heteroatoms. The minimum absolute atomic E-state index is 0.0677. The SMILES string of the molecule is COC(=O)CCc1ccc(OC)c(-c2cnc(N3CC(F)C3)nc2CN2C(=O)O[C@H](c3cc(C)cc(C(F)(F)F)c3)[C@@H]2C)c1. The Hall–Kier alpha value is -4.42. The Morgan fingerprint density at radius 3 is 2.52 bits per heavy atom. The molecule has 0 radical (unpaired) electrons. The van der Waals surface area contributed by atoms with Crippen LogP contribution in [0.2, 0.25) is 0 Å². The van der Waals surface area contributed by atoms with Gasteiger partial charge in [-0.25, -0.2) is 19.2 Å². The summed E-state index contributed by atoms with van der Waals surface area (Å²) in [5, 5.41) is 0. The Morgan fingerprint density at radius 2 is 1.86 bits per heavy atom. The zero-order valence-corrected chi connectivity index (χ0v) is 24.7. The predicted molar refractivity (Wildman–Crippen MR) is 152 cm³/mol. The first-order valence-corrected chi connectivity index (χ1v) is 14.0. The van der Waals surface area contributed by atoms with Crippen molar-refractivity contribution < 1.29 is 41.4 Å². The molecule has 1 aromatic heterocycles. The molecule has 0 spiro atoms. The summed E-state index contributed by atoms with van der Waals surface area (Å²) in [7, 11) is 2.82. The Bertz CT molecular complexity index is 1560. The monoisotopic (exact) mass is 616 g/mol. The van der Waals surface area contributed by atoms with Crippen molar-refractivity contribution in [1.29, 1.82) is 0 Å². The number of benzene rings is 2. The van der Waals surface area contributed by atoms with E-state index in [0.717, 1.165) is 17.7 Å². The van der Waals surface area contributed by atoms with E-state index in [9.17, 15) is 27.2 Å². The maximum Gasteiger partial charge on any atom is 0.416 e. The summed E-state index contributed by atoms with van der Waals surface area (Å²) >= 11 is 0. The molecule has 2 atom stereocenters. The highest BCUT2D eigenvalue weighted by molar-refractivity contribution is 5.75. The second-order valence-corrected chi connectivity index (χ2v) is 10.9. The number of nitrogens with zero attached hydrogens (tertiary/aromatic N) is 4. The van der Waals surface area contributed by atoms with Crippen LogP contribution in [0.3, 0.4) is 0 Å². The lowest BCUT2D eigenvalue weighted by Gasteiger charge is -2.34. The molecule has 0 unspecified atom stereocenters. The second kappa shape index (κ2) is 12.3. The van der Waals surface area contributed by atoms with E-state index < -0.39 is 36.2 Å². The lowest BCUT2D eigenvalue weighted by molar-refractivity contribution is -0.140. The Balaban J connectivity index is 1.51. The molecule has 9 nitrogen and oxygen atoms in total. The summed E-state index contributed by atoms with van der Waals surface area (Å²) in [5.74, 6) is 0.416. The highest BCUT2D eigenvalue weighted by atomic mass is 19.4. The largest absolute Gasteiger partial charge is 0.496 e. The van der Waals surface area contributed by atoms with E-state index in [0.29, 0.717) is 34.6 Å². The molecule has 0 aliphatic carbocycles. The molecule has 1 amide bonds. The number of anilines is 1. The van der Waals surface area contributed by atoms with Crippen LogP contribution >= 0.6 is 0 Å². The van der Waals surface area contributed by atoms with Gasteiger partial charge in [0.25, 0.3) is 0 Å². The molecule has 2 aliphatic heterocycles. The zero-order valence-electron chi connectivity index (χ0n) is 24.7. The van der Waals surface area contributed by atoms with Crippen LogP contribution in [0.5, 0.6) is 5.75 Å².